The molecule has 0 radical (unpaired) electrons. The lowest BCUT2D eigenvalue weighted by atomic mass is 10.1. The number of benzene rings is 1. The van der Waals surface area contributed by atoms with E-state index >= 15 is 0 Å². The van der Waals surface area contributed by atoms with Crippen molar-refractivity contribution in [3.05, 3.63) is 29.8 Å². The van der Waals surface area contributed by atoms with Crippen LogP contribution >= 0.6 is 0 Å². The maximum Gasteiger partial charge on any atom is 0.410 e. The lowest BCUT2D eigenvalue weighted by Gasteiger charge is -2.40. The van der Waals surface area contributed by atoms with E-state index in [-0.39, 0.29) is 18.2 Å². The summed E-state index contributed by atoms with van der Waals surface area (Å²) in [6.45, 7) is 8.94. The first-order valence-electron chi connectivity index (χ1n) is 10.8. The number of anilines is 1. The second kappa shape index (κ2) is 9.89. The molecule has 31 heavy (non-hydrogen) atoms. The third-order valence-electron chi connectivity index (χ3n) is 5.13. The van der Waals surface area contributed by atoms with Gasteiger partial charge in [-0.15, -0.1) is 0 Å². The Labute approximate surface area is 184 Å². The maximum absolute atomic E-state index is 12.3. The van der Waals surface area contributed by atoms with Gasteiger partial charge in [0, 0.05) is 45.5 Å². The second-order valence-corrected chi connectivity index (χ2v) is 8.98. The van der Waals surface area contributed by atoms with Crippen LogP contribution in [0.2, 0.25) is 0 Å². The van der Waals surface area contributed by atoms with Gasteiger partial charge >= 0.3 is 12.1 Å². The summed E-state index contributed by atoms with van der Waals surface area (Å²) in [5.74, 6) is 0.667. The molecule has 3 rings (SSSR count). The van der Waals surface area contributed by atoms with Crippen LogP contribution < -0.4 is 16.0 Å². The molecule has 2 aliphatic rings. The average molecular weight is 431 g/mol. The Balaban J connectivity index is 1.43. The number of likely N-dealkylation sites (tertiary alicyclic amines) is 2. The summed E-state index contributed by atoms with van der Waals surface area (Å²) in [6, 6.07) is 7.87. The van der Waals surface area contributed by atoms with Crippen molar-refractivity contribution in [1.82, 2.24) is 20.4 Å². The van der Waals surface area contributed by atoms with E-state index in [0.717, 1.165) is 37.2 Å². The summed E-state index contributed by atoms with van der Waals surface area (Å²) in [7, 11) is 1.71. The second-order valence-electron chi connectivity index (χ2n) is 8.98. The predicted octanol–water partition coefficient (Wildman–Crippen LogP) is 2.60. The molecule has 2 fully saturated rings. The highest BCUT2D eigenvalue weighted by molar-refractivity contribution is 5.89. The topological polar surface area (TPSA) is 98.3 Å². The molecule has 170 valence electrons. The van der Waals surface area contributed by atoms with E-state index in [9.17, 15) is 9.59 Å². The number of nitrogens with one attached hydrogen (secondary N) is 3. The molecule has 3 amide bonds. The number of urea groups is 1. The molecule has 1 aromatic rings. The van der Waals surface area contributed by atoms with E-state index in [1.165, 1.54) is 0 Å². The first-order chi connectivity index (χ1) is 14.7. The average Bonchev–Trinajstić information content (AvgIpc) is 3.20. The van der Waals surface area contributed by atoms with Crippen molar-refractivity contribution in [2.24, 2.45) is 4.99 Å². The van der Waals surface area contributed by atoms with Gasteiger partial charge in [0.25, 0.3) is 0 Å². The summed E-state index contributed by atoms with van der Waals surface area (Å²) >= 11 is 0. The molecule has 0 aromatic heterocycles. The Morgan fingerprint density at radius 1 is 1.16 bits per heavy atom. The monoisotopic (exact) mass is 430 g/mol. The number of amides is 3. The normalized spacial score (nSPS) is 17.2. The van der Waals surface area contributed by atoms with Crippen molar-refractivity contribution in [2.45, 2.75) is 51.8 Å². The van der Waals surface area contributed by atoms with Gasteiger partial charge in [0.15, 0.2) is 5.96 Å². The molecule has 0 bridgehead atoms. The van der Waals surface area contributed by atoms with Crippen molar-refractivity contribution in [3.8, 4) is 0 Å². The summed E-state index contributed by atoms with van der Waals surface area (Å²) in [5, 5.41) is 9.57. The molecule has 0 spiro atoms. The number of hydrogen-bond acceptors (Lipinski definition) is 4. The van der Waals surface area contributed by atoms with Crippen molar-refractivity contribution < 1.29 is 14.3 Å². The molecule has 0 unspecified atom stereocenters. The minimum absolute atomic E-state index is 0.0420. The fraction of sp³-hybridized carbons (Fsp3) is 0.591. The van der Waals surface area contributed by atoms with Gasteiger partial charge in [0.05, 0.1) is 6.04 Å². The number of hydrogen-bond donors (Lipinski definition) is 3. The summed E-state index contributed by atoms with van der Waals surface area (Å²) in [6.07, 6.45) is 1.85. The highest BCUT2D eigenvalue weighted by Gasteiger charge is 2.34. The Kier molecular flexibility index (Phi) is 7.25. The number of ether oxygens (including phenoxy) is 1. The molecule has 9 heteroatoms. The number of aliphatic imine (C=N–C) groups is 1. The van der Waals surface area contributed by atoms with Crippen molar-refractivity contribution in [2.75, 3.05) is 38.5 Å². The number of nitrogens with zero attached hydrogens (tertiary/aromatic N) is 3. The van der Waals surface area contributed by atoms with Gasteiger partial charge in [0.1, 0.15) is 5.60 Å². The first-order valence-corrected chi connectivity index (χ1v) is 10.8. The quantitative estimate of drug-likeness (QED) is 0.504. The molecular formula is C22H34N6O3. The SMILES string of the molecule is CN=C(NCc1cccc(NC(=O)N2CCCC2)c1)NC1CN(C(=O)OC(C)(C)C)C1. The van der Waals surface area contributed by atoms with Crippen LogP contribution in [-0.4, -0.2) is 72.8 Å². The minimum atomic E-state index is -0.490. The number of guanidine groups is 1. The van der Waals surface area contributed by atoms with Crippen molar-refractivity contribution in [3.63, 3.8) is 0 Å². The van der Waals surface area contributed by atoms with Crippen molar-refractivity contribution in [1.29, 1.82) is 0 Å². The Bertz CT molecular complexity index is 808. The van der Waals surface area contributed by atoms with Crippen LogP contribution in [0, 0.1) is 0 Å². The van der Waals surface area contributed by atoms with Gasteiger partial charge in [-0.25, -0.2) is 9.59 Å². The molecule has 2 heterocycles. The molecule has 3 N–H and O–H groups in total. The number of rotatable bonds is 4. The summed E-state index contributed by atoms with van der Waals surface area (Å²) in [4.78, 5) is 32.1. The predicted molar refractivity (Wildman–Crippen MR) is 121 cm³/mol. The van der Waals surface area contributed by atoms with Crippen LogP contribution in [0.3, 0.4) is 0 Å². The van der Waals surface area contributed by atoms with Crippen LogP contribution in [0.5, 0.6) is 0 Å². The van der Waals surface area contributed by atoms with E-state index in [1.54, 1.807) is 11.9 Å². The first kappa shape index (κ1) is 22.7. The third-order valence-corrected chi connectivity index (χ3v) is 5.13. The zero-order chi connectivity index (χ0) is 22.4. The zero-order valence-electron chi connectivity index (χ0n) is 18.9. The lowest BCUT2D eigenvalue weighted by molar-refractivity contribution is 0.00700. The molecular weight excluding hydrogens is 396 g/mol. The van der Waals surface area contributed by atoms with Crippen LogP contribution in [0.25, 0.3) is 0 Å². The van der Waals surface area contributed by atoms with Crippen LogP contribution in [0.15, 0.2) is 29.3 Å². The molecule has 0 aliphatic carbocycles. The highest BCUT2D eigenvalue weighted by Crippen LogP contribution is 2.16. The molecule has 9 nitrogen and oxygen atoms in total. The largest absolute Gasteiger partial charge is 0.444 e. The Morgan fingerprint density at radius 2 is 1.87 bits per heavy atom. The van der Waals surface area contributed by atoms with Gasteiger partial charge < -0.3 is 30.5 Å². The molecule has 2 aliphatic heterocycles. The van der Waals surface area contributed by atoms with E-state index in [1.807, 2.05) is 49.9 Å². The van der Waals surface area contributed by atoms with E-state index in [4.69, 9.17) is 4.74 Å². The fourth-order valence-electron chi connectivity index (χ4n) is 3.50. The van der Waals surface area contributed by atoms with E-state index in [2.05, 4.69) is 20.9 Å². The van der Waals surface area contributed by atoms with Gasteiger partial charge in [-0.2, -0.15) is 0 Å². The van der Waals surface area contributed by atoms with E-state index in [0.29, 0.717) is 25.6 Å². The van der Waals surface area contributed by atoms with Crippen LogP contribution in [0.1, 0.15) is 39.2 Å². The van der Waals surface area contributed by atoms with Crippen LogP contribution in [0.4, 0.5) is 15.3 Å². The fourth-order valence-corrected chi connectivity index (χ4v) is 3.50. The zero-order valence-corrected chi connectivity index (χ0v) is 18.9. The van der Waals surface area contributed by atoms with Gasteiger partial charge in [0.2, 0.25) is 0 Å². The molecule has 0 saturated carbocycles. The Morgan fingerprint density at radius 3 is 2.52 bits per heavy atom. The highest BCUT2D eigenvalue weighted by atomic mass is 16.6. The van der Waals surface area contributed by atoms with Crippen LogP contribution in [-0.2, 0) is 11.3 Å². The smallest absolute Gasteiger partial charge is 0.410 e. The lowest BCUT2D eigenvalue weighted by Crippen LogP contribution is -2.63. The number of carbonyl (C=O) groups is 2. The van der Waals surface area contributed by atoms with E-state index < -0.39 is 5.60 Å². The Hall–Kier alpha value is -2.97. The molecule has 0 atom stereocenters. The maximum atomic E-state index is 12.3. The summed E-state index contributed by atoms with van der Waals surface area (Å²) in [5.41, 5.74) is 1.33. The van der Waals surface area contributed by atoms with Gasteiger partial charge in [-0.3, -0.25) is 4.99 Å². The standard InChI is InChI=1S/C22H34N6O3/c1-22(2,3)31-21(30)28-14-18(15-28)25-19(23-4)24-13-16-8-7-9-17(12-16)26-20(29)27-10-5-6-11-27/h7-9,12,18H,5-6,10-11,13-15H2,1-4H3,(H,26,29)(H2,23,24,25). The number of carbonyl (C=O) groups excluding carboxylic acids is 2. The summed E-state index contributed by atoms with van der Waals surface area (Å²) < 4.78 is 5.38. The molecule has 1 aromatic carbocycles. The van der Waals surface area contributed by atoms with Gasteiger partial charge in [-0.1, -0.05) is 12.1 Å². The third kappa shape index (κ3) is 6.77. The van der Waals surface area contributed by atoms with Gasteiger partial charge in [-0.05, 0) is 51.3 Å². The van der Waals surface area contributed by atoms with Crippen molar-refractivity contribution >= 4 is 23.8 Å². The minimum Gasteiger partial charge on any atom is -0.444 e. The molecule has 2 saturated heterocycles.